The Balaban J connectivity index is 1.94. The largest absolute Gasteiger partial charge is 0.370 e. The minimum atomic E-state index is 0.689. The van der Waals surface area contributed by atoms with Crippen molar-refractivity contribution >= 4 is 5.96 Å². The maximum absolute atomic E-state index is 5.84. The lowest BCUT2D eigenvalue weighted by atomic mass is 10.1. The van der Waals surface area contributed by atoms with E-state index >= 15 is 0 Å². The highest BCUT2D eigenvalue weighted by Gasteiger charge is 2.23. The second-order valence-corrected chi connectivity index (χ2v) is 4.08. The van der Waals surface area contributed by atoms with Gasteiger partial charge in [-0.2, -0.15) is 0 Å². The van der Waals surface area contributed by atoms with Gasteiger partial charge in [-0.1, -0.05) is 25.7 Å². The Morgan fingerprint density at radius 1 is 1.15 bits per heavy atom. The molecular formula is C10H19N3. The van der Waals surface area contributed by atoms with E-state index in [1.807, 2.05) is 0 Å². The van der Waals surface area contributed by atoms with E-state index in [9.17, 15) is 0 Å². The van der Waals surface area contributed by atoms with Crippen molar-refractivity contribution in [2.45, 2.75) is 44.6 Å². The third-order valence-corrected chi connectivity index (χ3v) is 3.17. The summed E-state index contributed by atoms with van der Waals surface area (Å²) in [5.74, 6) is 0.784. The molecule has 2 N–H and O–H groups in total. The van der Waals surface area contributed by atoms with Crippen LogP contribution in [0.2, 0.25) is 0 Å². The van der Waals surface area contributed by atoms with E-state index < -0.39 is 0 Å². The average Bonchev–Trinajstić information content (AvgIpc) is 2.43. The Labute approximate surface area is 80.0 Å². The zero-order valence-electron chi connectivity index (χ0n) is 8.21. The highest BCUT2D eigenvalue weighted by molar-refractivity contribution is 5.79. The fourth-order valence-corrected chi connectivity index (χ4v) is 2.42. The van der Waals surface area contributed by atoms with E-state index in [4.69, 9.17) is 5.73 Å². The van der Waals surface area contributed by atoms with Gasteiger partial charge >= 0.3 is 0 Å². The van der Waals surface area contributed by atoms with E-state index in [-0.39, 0.29) is 0 Å². The van der Waals surface area contributed by atoms with Gasteiger partial charge in [0.25, 0.3) is 0 Å². The number of guanidine groups is 1. The number of nitrogens with zero attached hydrogens (tertiary/aromatic N) is 2. The zero-order valence-corrected chi connectivity index (χ0v) is 8.21. The molecule has 3 nitrogen and oxygen atoms in total. The van der Waals surface area contributed by atoms with Crippen molar-refractivity contribution in [3.05, 3.63) is 0 Å². The molecule has 1 fully saturated rings. The third kappa shape index (κ3) is 1.95. The van der Waals surface area contributed by atoms with Crippen LogP contribution >= 0.6 is 0 Å². The number of hydrogen-bond acceptors (Lipinski definition) is 3. The molecular weight excluding hydrogens is 162 g/mol. The second-order valence-electron chi connectivity index (χ2n) is 4.08. The fraction of sp³-hybridized carbons (Fsp3) is 0.900. The minimum Gasteiger partial charge on any atom is -0.370 e. The van der Waals surface area contributed by atoms with Gasteiger partial charge in [0.2, 0.25) is 0 Å². The Bertz CT molecular complexity index is 192. The molecule has 0 atom stereocenters. The van der Waals surface area contributed by atoms with Crippen molar-refractivity contribution in [2.75, 3.05) is 13.1 Å². The molecule has 0 aromatic carbocycles. The maximum Gasteiger partial charge on any atom is 0.191 e. The fourth-order valence-electron chi connectivity index (χ4n) is 2.42. The van der Waals surface area contributed by atoms with Crippen molar-refractivity contribution in [2.24, 2.45) is 10.7 Å². The summed E-state index contributed by atoms with van der Waals surface area (Å²) in [5.41, 5.74) is 5.84. The highest BCUT2D eigenvalue weighted by Crippen LogP contribution is 2.22. The van der Waals surface area contributed by atoms with E-state index in [1.165, 1.54) is 38.5 Å². The minimum absolute atomic E-state index is 0.689. The monoisotopic (exact) mass is 181 g/mol. The molecule has 0 amide bonds. The summed E-state index contributed by atoms with van der Waals surface area (Å²) in [6.45, 7) is 1.96. The smallest absolute Gasteiger partial charge is 0.191 e. The van der Waals surface area contributed by atoms with Gasteiger partial charge in [0.1, 0.15) is 0 Å². The summed E-state index contributed by atoms with van der Waals surface area (Å²) in [6, 6.07) is 0.689. The van der Waals surface area contributed by atoms with Crippen LogP contribution in [0.25, 0.3) is 0 Å². The van der Waals surface area contributed by atoms with Crippen molar-refractivity contribution in [1.82, 2.24) is 4.90 Å². The lowest BCUT2D eigenvalue weighted by molar-refractivity contribution is 0.302. The first kappa shape index (κ1) is 8.85. The quantitative estimate of drug-likeness (QED) is 0.620. The molecule has 0 spiro atoms. The standard InChI is InChI=1S/C10H19N3/c11-10-12-7-8-13(10)9-5-3-1-2-4-6-9/h9H,1-8H2,(H2,11,12). The first-order chi connectivity index (χ1) is 6.38. The summed E-state index contributed by atoms with van der Waals surface area (Å²) in [6.07, 6.45) is 8.18. The Hall–Kier alpha value is -0.730. The van der Waals surface area contributed by atoms with Gasteiger partial charge < -0.3 is 10.6 Å². The molecule has 1 aliphatic carbocycles. The van der Waals surface area contributed by atoms with Crippen LogP contribution < -0.4 is 5.73 Å². The predicted molar refractivity (Wildman–Crippen MR) is 54.7 cm³/mol. The average molecular weight is 181 g/mol. The number of hydrogen-bond donors (Lipinski definition) is 1. The van der Waals surface area contributed by atoms with Gasteiger partial charge in [-0.05, 0) is 12.8 Å². The molecule has 1 aliphatic heterocycles. The summed E-state index contributed by atoms with van der Waals surface area (Å²) >= 11 is 0. The SMILES string of the molecule is NC1=NCCN1C1CCCCCC1. The Kier molecular flexibility index (Phi) is 2.71. The summed E-state index contributed by atoms with van der Waals surface area (Å²) in [7, 11) is 0. The van der Waals surface area contributed by atoms with Crippen LogP contribution in [0.5, 0.6) is 0 Å². The molecule has 0 unspecified atom stereocenters. The molecule has 0 aromatic rings. The molecule has 0 radical (unpaired) electrons. The van der Waals surface area contributed by atoms with Crippen LogP contribution in [-0.4, -0.2) is 30.0 Å². The van der Waals surface area contributed by atoms with Crippen LogP contribution in [0.1, 0.15) is 38.5 Å². The zero-order chi connectivity index (χ0) is 9.10. The number of rotatable bonds is 1. The van der Waals surface area contributed by atoms with Crippen LogP contribution in [0.15, 0.2) is 4.99 Å². The second kappa shape index (κ2) is 3.99. The summed E-state index contributed by atoms with van der Waals surface area (Å²) in [5, 5.41) is 0. The molecule has 1 saturated carbocycles. The molecule has 3 heteroatoms. The van der Waals surface area contributed by atoms with Gasteiger partial charge in [0.15, 0.2) is 5.96 Å². The predicted octanol–water partition coefficient (Wildman–Crippen LogP) is 1.34. The molecule has 2 aliphatic rings. The van der Waals surface area contributed by atoms with Gasteiger partial charge in [-0.15, -0.1) is 0 Å². The van der Waals surface area contributed by atoms with Crippen molar-refractivity contribution in [3.8, 4) is 0 Å². The van der Waals surface area contributed by atoms with Crippen LogP contribution in [0.3, 0.4) is 0 Å². The molecule has 0 bridgehead atoms. The van der Waals surface area contributed by atoms with Gasteiger partial charge in [-0.3, -0.25) is 4.99 Å². The topological polar surface area (TPSA) is 41.6 Å². The first-order valence-electron chi connectivity index (χ1n) is 5.44. The lowest BCUT2D eigenvalue weighted by Gasteiger charge is -2.27. The number of nitrogens with two attached hydrogens (primary N) is 1. The molecule has 1 heterocycles. The van der Waals surface area contributed by atoms with Crippen molar-refractivity contribution in [1.29, 1.82) is 0 Å². The third-order valence-electron chi connectivity index (χ3n) is 3.17. The molecule has 13 heavy (non-hydrogen) atoms. The normalized spacial score (nSPS) is 25.8. The summed E-state index contributed by atoms with van der Waals surface area (Å²) in [4.78, 5) is 6.55. The van der Waals surface area contributed by atoms with Crippen molar-refractivity contribution in [3.63, 3.8) is 0 Å². The lowest BCUT2D eigenvalue weighted by Crippen LogP contribution is -2.41. The van der Waals surface area contributed by atoms with E-state index in [0.29, 0.717) is 6.04 Å². The Morgan fingerprint density at radius 2 is 1.85 bits per heavy atom. The van der Waals surface area contributed by atoms with Crippen molar-refractivity contribution < 1.29 is 0 Å². The molecule has 74 valence electrons. The van der Waals surface area contributed by atoms with Gasteiger partial charge in [-0.25, -0.2) is 0 Å². The summed E-state index contributed by atoms with van der Waals surface area (Å²) < 4.78 is 0. The van der Waals surface area contributed by atoms with Crippen LogP contribution in [-0.2, 0) is 0 Å². The highest BCUT2D eigenvalue weighted by atomic mass is 15.3. The van der Waals surface area contributed by atoms with E-state index in [0.717, 1.165) is 19.0 Å². The van der Waals surface area contributed by atoms with E-state index in [2.05, 4.69) is 9.89 Å². The van der Waals surface area contributed by atoms with Gasteiger partial charge in [0, 0.05) is 12.6 Å². The van der Waals surface area contributed by atoms with E-state index in [1.54, 1.807) is 0 Å². The first-order valence-corrected chi connectivity index (χ1v) is 5.44. The van der Waals surface area contributed by atoms with Crippen LogP contribution in [0, 0.1) is 0 Å². The Morgan fingerprint density at radius 3 is 2.38 bits per heavy atom. The van der Waals surface area contributed by atoms with Crippen LogP contribution in [0.4, 0.5) is 0 Å². The van der Waals surface area contributed by atoms with Gasteiger partial charge in [0.05, 0.1) is 6.54 Å². The maximum atomic E-state index is 5.84. The molecule has 0 saturated heterocycles. The number of aliphatic imine (C=N–C) groups is 1. The molecule has 0 aromatic heterocycles. The molecule has 2 rings (SSSR count).